The lowest BCUT2D eigenvalue weighted by molar-refractivity contribution is -0.141. The van der Waals surface area contributed by atoms with Crippen LogP contribution in [0.1, 0.15) is 71.8 Å². The Kier molecular flexibility index (Phi) is 7.94. The fraction of sp³-hybridized carbons (Fsp3) is 0.667. The number of likely N-dealkylation sites (tertiary alicyclic amines) is 1. The summed E-state index contributed by atoms with van der Waals surface area (Å²) in [5.41, 5.74) is -2.81. The van der Waals surface area contributed by atoms with Gasteiger partial charge in [0.2, 0.25) is 21.8 Å². The second-order valence-corrected chi connectivity index (χ2v) is 14.1. The van der Waals surface area contributed by atoms with Gasteiger partial charge in [0, 0.05) is 12.2 Å². The summed E-state index contributed by atoms with van der Waals surface area (Å²) >= 11 is 0. The maximum atomic E-state index is 13.8. The standard InChI is InChI=1S/C27H37F3N4O5S/c1-5-16-15-26(16,24(37)33-40(38,39)19-11-12-19)32-22(35)20-10-7-13-34(20)23(36)21(25(2,3)4)31-18-9-6-8-17(14-18)27(28,29)30/h6,8-9,14,16,19-21,31H,5,7,10-13,15H2,1-4H3,(H,32,35)(H,33,37)/t16?,20?,21?,26-/m1/s1. The van der Waals surface area contributed by atoms with Crippen LogP contribution in [0.25, 0.3) is 0 Å². The molecule has 0 bridgehead atoms. The summed E-state index contributed by atoms with van der Waals surface area (Å²) in [6, 6.07) is 2.75. The molecule has 1 aliphatic heterocycles. The van der Waals surface area contributed by atoms with Crippen molar-refractivity contribution >= 4 is 33.4 Å². The first-order chi connectivity index (χ1) is 18.5. The number of nitrogens with one attached hydrogen (secondary N) is 3. The number of hydrogen-bond donors (Lipinski definition) is 3. The molecule has 3 aliphatic rings. The highest BCUT2D eigenvalue weighted by molar-refractivity contribution is 7.91. The Labute approximate surface area is 232 Å². The number of amides is 3. The van der Waals surface area contributed by atoms with Crippen LogP contribution in [0, 0.1) is 11.3 Å². The number of sulfonamides is 1. The van der Waals surface area contributed by atoms with Crippen LogP contribution in [0.2, 0.25) is 0 Å². The summed E-state index contributed by atoms with van der Waals surface area (Å²) in [6.45, 7) is 7.44. The van der Waals surface area contributed by atoms with Gasteiger partial charge in [-0.25, -0.2) is 8.42 Å². The normalized spacial score (nSPS) is 25.7. The molecule has 13 heteroatoms. The minimum absolute atomic E-state index is 0.125. The van der Waals surface area contributed by atoms with Crippen molar-refractivity contribution in [3.05, 3.63) is 29.8 Å². The Hall–Kier alpha value is -2.83. The zero-order valence-electron chi connectivity index (χ0n) is 23.1. The lowest BCUT2D eigenvalue weighted by atomic mass is 9.85. The van der Waals surface area contributed by atoms with Crippen molar-refractivity contribution in [1.29, 1.82) is 0 Å². The van der Waals surface area contributed by atoms with Crippen LogP contribution in [0.5, 0.6) is 0 Å². The van der Waals surface area contributed by atoms with Crippen LogP contribution >= 0.6 is 0 Å². The van der Waals surface area contributed by atoms with Gasteiger partial charge in [-0.2, -0.15) is 13.2 Å². The summed E-state index contributed by atoms with van der Waals surface area (Å²) in [5, 5.41) is 5.13. The van der Waals surface area contributed by atoms with E-state index in [0.717, 1.165) is 12.1 Å². The van der Waals surface area contributed by atoms with Gasteiger partial charge in [-0.1, -0.05) is 40.2 Å². The fourth-order valence-electron chi connectivity index (χ4n) is 5.37. The van der Waals surface area contributed by atoms with Crippen LogP contribution in [-0.4, -0.2) is 60.5 Å². The molecule has 4 atom stereocenters. The van der Waals surface area contributed by atoms with Gasteiger partial charge in [-0.05, 0) is 61.6 Å². The van der Waals surface area contributed by atoms with E-state index >= 15 is 0 Å². The number of carbonyl (C=O) groups is 3. The van der Waals surface area contributed by atoms with E-state index in [9.17, 15) is 36.0 Å². The smallest absolute Gasteiger partial charge is 0.373 e. The summed E-state index contributed by atoms with van der Waals surface area (Å²) in [6.07, 6.45) is -1.86. The number of nitrogens with zero attached hydrogens (tertiary/aromatic N) is 1. The molecule has 1 heterocycles. The predicted octanol–water partition coefficient (Wildman–Crippen LogP) is 3.42. The molecule has 0 aromatic heterocycles. The third kappa shape index (κ3) is 6.23. The van der Waals surface area contributed by atoms with Gasteiger partial charge in [0.15, 0.2) is 0 Å². The molecule has 3 N–H and O–H groups in total. The molecular formula is C27H37F3N4O5S. The number of halogens is 3. The maximum absolute atomic E-state index is 13.8. The molecule has 1 saturated heterocycles. The van der Waals surface area contributed by atoms with Gasteiger partial charge in [-0.3, -0.25) is 19.1 Å². The number of rotatable bonds is 9. The summed E-state index contributed by atoms with van der Waals surface area (Å²) < 4.78 is 66.7. The molecular weight excluding hydrogens is 549 g/mol. The Bertz CT molecular complexity index is 1280. The quantitative estimate of drug-likeness (QED) is 0.408. The molecule has 2 aliphatic carbocycles. The minimum Gasteiger partial charge on any atom is -0.373 e. The van der Waals surface area contributed by atoms with Crippen LogP contribution in [0.4, 0.5) is 18.9 Å². The zero-order valence-corrected chi connectivity index (χ0v) is 23.9. The second-order valence-electron chi connectivity index (χ2n) is 12.2. The van der Waals surface area contributed by atoms with E-state index in [1.54, 1.807) is 20.8 Å². The SMILES string of the molecule is CCC1C[C@]1(NC(=O)C1CCCN1C(=O)C(Nc1cccc(C(F)(F)F)c1)C(C)(C)C)C(=O)NS(=O)(=O)C1CC1. The summed E-state index contributed by atoms with van der Waals surface area (Å²) in [5.74, 6) is -1.98. The van der Waals surface area contributed by atoms with E-state index in [1.807, 2.05) is 6.92 Å². The van der Waals surface area contributed by atoms with Gasteiger partial charge >= 0.3 is 6.18 Å². The monoisotopic (exact) mass is 586 g/mol. The molecule has 4 rings (SSSR count). The first-order valence-electron chi connectivity index (χ1n) is 13.6. The van der Waals surface area contributed by atoms with E-state index in [0.29, 0.717) is 38.5 Å². The Balaban J connectivity index is 1.51. The number of anilines is 1. The molecule has 9 nitrogen and oxygen atoms in total. The maximum Gasteiger partial charge on any atom is 0.416 e. The fourth-order valence-corrected chi connectivity index (χ4v) is 6.73. The highest BCUT2D eigenvalue weighted by atomic mass is 32.2. The van der Waals surface area contributed by atoms with Crippen molar-refractivity contribution in [3.8, 4) is 0 Å². The van der Waals surface area contributed by atoms with Gasteiger partial charge in [0.1, 0.15) is 17.6 Å². The zero-order chi connectivity index (χ0) is 29.7. The van der Waals surface area contributed by atoms with Crippen molar-refractivity contribution in [2.75, 3.05) is 11.9 Å². The molecule has 40 heavy (non-hydrogen) atoms. The van der Waals surface area contributed by atoms with Crippen LogP contribution < -0.4 is 15.4 Å². The van der Waals surface area contributed by atoms with Crippen molar-refractivity contribution < 1.29 is 36.0 Å². The van der Waals surface area contributed by atoms with Crippen LogP contribution in [0.15, 0.2) is 24.3 Å². The van der Waals surface area contributed by atoms with Crippen LogP contribution in [0.3, 0.4) is 0 Å². The largest absolute Gasteiger partial charge is 0.416 e. The Morgan fingerprint density at radius 2 is 1.80 bits per heavy atom. The lowest BCUT2D eigenvalue weighted by Gasteiger charge is -2.36. The van der Waals surface area contributed by atoms with Gasteiger partial charge in [-0.15, -0.1) is 0 Å². The van der Waals surface area contributed by atoms with Gasteiger partial charge in [0.05, 0.1) is 10.8 Å². The second kappa shape index (κ2) is 10.5. The molecule has 1 aromatic carbocycles. The number of carbonyl (C=O) groups excluding carboxylic acids is 3. The van der Waals surface area contributed by atoms with E-state index in [4.69, 9.17) is 0 Å². The van der Waals surface area contributed by atoms with E-state index < -0.39 is 67.8 Å². The molecule has 3 unspecified atom stereocenters. The van der Waals surface area contributed by atoms with Gasteiger partial charge < -0.3 is 15.5 Å². The summed E-state index contributed by atoms with van der Waals surface area (Å²) in [7, 11) is -3.80. The van der Waals surface area contributed by atoms with Crippen molar-refractivity contribution in [3.63, 3.8) is 0 Å². The predicted molar refractivity (Wildman–Crippen MR) is 142 cm³/mol. The Morgan fingerprint density at radius 3 is 2.35 bits per heavy atom. The topological polar surface area (TPSA) is 125 Å². The van der Waals surface area contributed by atoms with E-state index in [-0.39, 0.29) is 18.2 Å². The lowest BCUT2D eigenvalue weighted by Crippen LogP contribution is -2.58. The third-order valence-electron chi connectivity index (χ3n) is 8.00. The molecule has 1 aromatic rings. The number of alkyl halides is 3. The average Bonchev–Trinajstić information content (AvgIpc) is 3.77. The minimum atomic E-state index is -4.55. The molecule has 0 radical (unpaired) electrons. The summed E-state index contributed by atoms with van der Waals surface area (Å²) in [4.78, 5) is 41.8. The number of hydrogen-bond acceptors (Lipinski definition) is 6. The van der Waals surface area contributed by atoms with Crippen molar-refractivity contribution in [2.45, 2.75) is 95.3 Å². The molecule has 0 spiro atoms. The first kappa shape index (κ1) is 30.1. The van der Waals surface area contributed by atoms with Gasteiger partial charge in [0.25, 0.3) is 5.91 Å². The van der Waals surface area contributed by atoms with Crippen molar-refractivity contribution in [2.24, 2.45) is 11.3 Å². The molecule has 3 fully saturated rings. The van der Waals surface area contributed by atoms with Crippen LogP contribution in [-0.2, 0) is 30.6 Å². The highest BCUT2D eigenvalue weighted by Gasteiger charge is 2.62. The average molecular weight is 587 g/mol. The molecule has 3 amide bonds. The first-order valence-corrected chi connectivity index (χ1v) is 15.2. The van der Waals surface area contributed by atoms with E-state index in [2.05, 4.69) is 15.4 Å². The Morgan fingerprint density at radius 1 is 1.12 bits per heavy atom. The molecule has 222 valence electrons. The number of benzene rings is 1. The molecule has 2 saturated carbocycles. The van der Waals surface area contributed by atoms with Crippen molar-refractivity contribution in [1.82, 2.24) is 14.9 Å². The van der Waals surface area contributed by atoms with E-state index in [1.165, 1.54) is 17.0 Å². The third-order valence-corrected chi connectivity index (χ3v) is 9.82. The highest BCUT2D eigenvalue weighted by Crippen LogP contribution is 2.47.